The minimum absolute atomic E-state index is 0.202. The van der Waals surface area contributed by atoms with Crippen LogP contribution in [0.1, 0.15) is 32.8 Å². The van der Waals surface area contributed by atoms with E-state index in [9.17, 15) is 0 Å². The van der Waals surface area contributed by atoms with Crippen LogP contribution in [0.4, 0.5) is 0 Å². The van der Waals surface area contributed by atoms with Crippen molar-refractivity contribution in [2.24, 2.45) is 0 Å². The van der Waals surface area contributed by atoms with Crippen LogP contribution in [-0.4, -0.2) is 4.83 Å². The van der Waals surface area contributed by atoms with Crippen LogP contribution in [0.25, 0.3) is 0 Å². The molecule has 0 saturated carbocycles. The fraction of sp³-hybridized carbons (Fsp3) is 0.500. The second kappa shape index (κ2) is 4.67. The first kappa shape index (κ1) is 12.1. The van der Waals surface area contributed by atoms with E-state index in [1.165, 1.54) is 5.56 Å². The van der Waals surface area contributed by atoms with E-state index in [0.717, 1.165) is 11.4 Å². The Morgan fingerprint density at radius 2 is 1.79 bits per heavy atom. The molecule has 0 heterocycles. The lowest BCUT2D eigenvalue weighted by Crippen LogP contribution is -2.20. The molecule has 78 valence electrons. The van der Waals surface area contributed by atoms with Gasteiger partial charge >= 0.3 is 0 Å². The Hall–Kier alpha value is -0.0100. The van der Waals surface area contributed by atoms with Gasteiger partial charge in [-0.05, 0) is 29.5 Å². The van der Waals surface area contributed by atoms with Gasteiger partial charge in [0.2, 0.25) is 0 Å². The van der Waals surface area contributed by atoms with Gasteiger partial charge in [0.25, 0.3) is 0 Å². The van der Waals surface area contributed by atoms with Crippen molar-refractivity contribution < 1.29 is 0 Å². The molecule has 0 saturated heterocycles. The summed E-state index contributed by atoms with van der Waals surface area (Å²) in [6.07, 6.45) is 1.12. The summed E-state index contributed by atoms with van der Waals surface area (Å²) in [5.74, 6) is 0. The van der Waals surface area contributed by atoms with Crippen LogP contribution in [0.15, 0.2) is 24.3 Å². The van der Waals surface area contributed by atoms with Crippen molar-refractivity contribution in [2.45, 2.75) is 37.4 Å². The lowest BCUT2D eigenvalue weighted by atomic mass is 9.81. The second-order valence-corrected chi connectivity index (χ2v) is 6.38. The smallest absolute Gasteiger partial charge is 0.0406 e. The predicted octanol–water partition coefficient (Wildman–Crippen LogP) is 4.79. The lowest BCUT2D eigenvalue weighted by Gasteiger charge is -2.26. The van der Waals surface area contributed by atoms with E-state index in [1.54, 1.807) is 0 Å². The minimum Gasteiger partial charge on any atom is -0.0893 e. The van der Waals surface area contributed by atoms with E-state index < -0.39 is 0 Å². The summed E-state index contributed by atoms with van der Waals surface area (Å²) in [6.45, 7) is 6.69. The first-order chi connectivity index (χ1) is 6.42. The highest BCUT2D eigenvalue weighted by atomic mass is 79.9. The maximum Gasteiger partial charge on any atom is 0.0406 e. The Labute approximate surface area is 99.8 Å². The third-order valence-electron chi connectivity index (χ3n) is 2.42. The van der Waals surface area contributed by atoms with Crippen molar-refractivity contribution in [3.8, 4) is 0 Å². The third kappa shape index (κ3) is 3.29. The SMILES string of the molecule is CC(Br)CC(C)(C)c1ccc(Cl)cc1. The molecule has 1 atom stereocenters. The van der Waals surface area contributed by atoms with E-state index in [0.29, 0.717) is 4.83 Å². The fourth-order valence-corrected chi connectivity index (χ4v) is 2.66. The van der Waals surface area contributed by atoms with Crippen LogP contribution in [0.3, 0.4) is 0 Å². The first-order valence-corrected chi connectivity index (χ1v) is 6.11. The van der Waals surface area contributed by atoms with E-state index in [-0.39, 0.29) is 5.41 Å². The highest BCUT2D eigenvalue weighted by molar-refractivity contribution is 9.09. The van der Waals surface area contributed by atoms with Crippen molar-refractivity contribution in [3.63, 3.8) is 0 Å². The Bertz CT molecular complexity index is 288. The van der Waals surface area contributed by atoms with Gasteiger partial charge in [0.1, 0.15) is 0 Å². The molecule has 1 unspecified atom stereocenters. The molecule has 0 amide bonds. The maximum atomic E-state index is 5.86. The van der Waals surface area contributed by atoms with Crippen LogP contribution in [0.5, 0.6) is 0 Å². The Balaban J connectivity index is 2.86. The first-order valence-electron chi connectivity index (χ1n) is 4.82. The average molecular weight is 276 g/mol. The molecule has 14 heavy (non-hydrogen) atoms. The molecule has 0 aliphatic heterocycles. The van der Waals surface area contributed by atoms with Crippen molar-refractivity contribution in [2.75, 3.05) is 0 Å². The van der Waals surface area contributed by atoms with Gasteiger partial charge in [0, 0.05) is 9.85 Å². The monoisotopic (exact) mass is 274 g/mol. The summed E-state index contributed by atoms with van der Waals surface area (Å²) in [5, 5.41) is 0.802. The maximum absolute atomic E-state index is 5.86. The highest BCUT2D eigenvalue weighted by Crippen LogP contribution is 2.31. The Morgan fingerprint density at radius 3 is 2.21 bits per heavy atom. The normalized spacial score (nSPS) is 14.1. The standard InChI is InChI=1S/C12H16BrCl/c1-9(13)8-12(2,3)10-4-6-11(14)7-5-10/h4-7,9H,8H2,1-3H3. The van der Waals surface area contributed by atoms with Crippen molar-refractivity contribution in [3.05, 3.63) is 34.9 Å². The van der Waals surface area contributed by atoms with Gasteiger partial charge in [-0.15, -0.1) is 0 Å². The summed E-state index contributed by atoms with van der Waals surface area (Å²) in [7, 11) is 0. The topological polar surface area (TPSA) is 0 Å². The third-order valence-corrected chi connectivity index (χ3v) is 2.99. The molecule has 0 radical (unpaired) electrons. The van der Waals surface area contributed by atoms with Gasteiger partial charge in [0.05, 0.1) is 0 Å². The molecule has 0 aliphatic carbocycles. The fourth-order valence-electron chi connectivity index (χ4n) is 1.72. The molecule has 0 spiro atoms. The van der Waals surface area contributed by atoms with Crippen molar-refractivity contribution >= 4 is 27.5 Å². The van der Waals surface area contributed by atoms with E-state index in [4.69, 9.17) is 11.6 Å². The second-order valence-electron chi connectivity index (χ2n) is 4.38. The number of benzene rings is 1. The summed E-state index contributed by atoms with van der Waals surface area (Å²) in [6, 6.07) is 8.13. The molecule has 2 heteroatoms. The number of hydrogen-bond acceptors (Lipinski definition) is 0. The summed E-state index contributed by atoms with van der Waals surface area (Å²) >= 11 is 9.45. The van der Waals surface area contributed by atoms with Crippen molar-refractivity contribution in [1.29, 1.82) is 0 Å². The Morgan fingerprint density at radius 1 is 1.29 bits per heavy atom. The van der Waals surface area contributed by atoms with Crippen LogP contribution in [-0.2, 0) is 5.41 Å². The molecule has 0 aromatic heterocycles. The summed E-state index contributed by atoms with van der Waals surface area (Å²) in [4.78, 5) is 0.535. The van der Waals surface area contributed by atoms with Crippen LogP contribution < -0.4 is 0 Å². The molecule has 0 fully saturated rings. The molecule has 1 aromatic rings. The highest BCUT2D eigenvalue weighted by Gasteiger charge is 2.21. The quantitative estimate of drug-likeness (QED) is 0.696. The molecule has 1 rings (SSSR count). The zero-order chi connectivity index (χ0) is 10.8. The molecular weight excluding hydrogens is 259 g/mol. The molecule has 0 aliphatic rings. The van der Waals surface area contributed by atoms with Crippen LogP contribution >= 0.6 is 27.5 Å². The van der Waals surface area contributed by atoms with Gasteiger partial charge in [0.15, 0.2) is 0 Å². The van der Waals surface area contributed by atoms with Gasteiger partial charge in [-0.25, -0.2) is 0 Å². The zero-order valence-electron chi connectivity index (χ0n) is 8.85. The minimum atomic E-state index is 0.202. The van der Waals surface area contributed by atoms with Crippen molar-refractivity contribution in [1.82, 2.24) is 0 Å². The van der Waals surface area contributed by atoms with Crippen LogP contribution in [0.2, 0.25) is 5.02 Å². The largest absolute Gasteiger partial charge is 0.0893 e. The number of alkyl halides is 1. The van der Waals surface area contributed by atoms with Gasteiger partial charge in [-0.2, -0.15) is 0 Å². The van der Waals surface area contributed by atoms with E-state index in [2.05, 4.69) is 48.8 Å². The lowest BCUT2D eigenvalue weighted by molar-refractivity contribution is 0.482. The van der Waals surface area contributed by atoms with Gasteiger partial charge in [-0.3, -0.25) is 0 Å². The summed E-state index contributed by atoms with van der Waals surface area (Å²) < 4.78 is 0. The molecule has 0 nitrogen and oxygen atoms in total. The van der Waals surface area contributed by atoms with Gasteiger partial charge in [-0.1, -0.05) is 60.4 Å². The molecule has 1 aromatic carbocycles. The van der Waals surface area contributed by atoms with Gasteiger partial charge < -0.3 is 0 Å². The molecular formula is C12H16BrCl. The average Bonchev–Trinajstić information content (AvgIpc) is 2.02. The summed E-state index contributed by atoms with van der Waals surface area (Å²) in [5.41, 5.74) is 1.54. The number of hydrogen-bond donors (Lipinski definition) is 0. The number of rotatable bonds is 3. The van der Waals surface area contributed by atoms with E-state index in [1.807, 2.05) is 12.1 Å². The molecule has 0 N–H and O–H groups in total. The molecule has 0 bridgehead atoms. The number of halogens is 2. The Kier molecular flexibility index (Phi) is 4.03. The van der Waals surface area contributed by atoms with E-state index >= 15 is 0 Å². The predicted molar refractivity (Wildman–Crippen MR) is 67.5 cm³/mol. The van der Waals surface area contributed by atoms with Crippen LogP contribution in [0, 0.1) is 0 Å². The zero-order valence-corrected chi connectivity index (χ0v) is 11.2.